The first-order chi connectivity index (χ1) is 14.7. The number of aromatic nitrogens is 2. The summed E-state index contributed by atoms with van der Waals surface area (Å²) in [6.45, 7) is -0.503. The predicted octanol–water partition coefficient (Wildman–Crippen LogP) is 2.50. The van der Waals surface area contributed by atoms with Crippen molar-refractivity contribution in [2.24, 2.45) is 0 Å². The third kappa shape index (κ3) is 6.37. The Labute approximate surface area is 176 Å². The number of hydrogen-bond acceptors (Lipinski definition) is 5. The molecular weight excluding hydrogens is 417 g/mol. The Hall–Kier alpha value is -3.24. The van der Waals surface area contributed by atoms with Crippen molar-refractivity contribution < 1.29 is 32.2 Å². The Bertz CT molecular complexity index is 908. The lowest BCUT2D eigenvalue weighted by atomic mass is 9.93. The highest BCUT2D eigenvalue weighted by molar-refractivity contribution is 5.92. The highest BCUT2D eigenvalue weighted by atomic mass is 19.4. The van der Waals surface area contributed by atoms with Crippen molar-refractivity contribution in [1.29, 1.82) is 0 Å². The van der Waals surface area contributed by atoms with E-state index in [-0.39, 0.29) is 24.1 Å². The number of nitrogens with one attached hydrogen (secondary N) is 2. The molecule has 168 valence electrons. The van der Waals surface area contributed by atoms with Crippen LogP contribution < -0.4 is 14.8 Å². The second-order valence-electron chi connectivity index (χ2n) is 7.13. The third-order valence-electron chi connectivity index (χ3n) is 4.97. The summed E-state index contributed by atoms with van der Waals surface area (Å²) in [7, 11) is 1.55. The number of likely N-dealkylation sites (tertiary alicyclic amines) is 1. The summed E-state index contributed by atoms with van der Waals surface area (Å²) < 4.78 is 47.3. The van der Waals surface area contributed by atoms with Crippen molar-refractivity contribution in [3.63, 3.8) is 0 Å². The molecule has 0 saturated carbocycles. The van der Waals surface area contributed by atoms with Gasteiger partial charge >= 0.3 is 6.18 Å². The number of carbonyl (C=O) groups excluding carboxylic acids is 2. The van der Waals surface area contributed by atoms with Crippen molar-refractivity contribution in [2.45, 2.75) is 24.9 Å². The SMILES string of the molecule is COc1cccc(OCC(=O)N2CCC(c3cc(C(=O)NCC(F)(F)F)n[nH]3)CC2)c1. The van der Waals surface area contributed by atoms with Crippen LogP contribution in [0.25, 0.3) is 0 Å². The van der Waals surface area contributed by atoms with Gasteiger partial charge in [0.1, 0.15) is 23.7 Å². The maximum absolute atomic E-state index is 12.4. The van der Waals surface area contributed by atoms with Gasteiger partial charge in [0.15, 0.2) is 6.61 Å². The maximum Gasteiger partial charge on any atom is 0.405 e. The molecule has 0 unspecified atom stereocenters. The minimum atomic E-state index is -4.48. The number of rotatable bonds is 7. The van der Waals surface area contributed by atoms with Crippen molar-refractivity contribution >= 4 is 11.8 Å². The summed E-state index contributed by atoms with van der Waals surface area (Å²) in [6.07, 6.45) is -3.21. The van der Waals surface area contributed by atoms with Crippen LogP contribution in [-0.4, -0.2) is 66.4 Å². The zero-order valence-corrected chi connectivity index (χ0v) is 16.9. The van der Waals surface area contributed by atoms with Crippen molar-refractivity contribution in [3.8, 4) is 11.5 Å². The van der Waals surface area contributed by atoms with Gasteiger partial charge in [0, 0.05) is 30.8 Å². The highest BCUT2D eigenvalue weighted by Crippen LogP contribution is 2.27. The summed E-state index contributed by atoms with van der Waals surface area (Å²) in [5, 5.41) is 8.32. The van der Waals surface area contributed by atoms with Crippen LogP contribution in [0.3, 0.4) is 0 Å². The molecule has 0 bridgehead atoms. The van der Waals surface area contributed by atoms with Gasteiger partial charge in [-0.15, -0.1) is 0 Å². The summed E-state index contributed by atoms with van der Waals surface area (Å²) in [6, 6.07) is 8.44. The number of aromatic amines is 1. The number of benzene rings is 1. The fraction of sp³-hybridized carbons (Fsp3) is 0.450. The van der Waals surface area contributed by atoms with Gasteiger partial charge in [-0.25, -0.2) is 0 Å². The molecule has 0 atom stereocenters. The molecule has 1 fully saturated rings. The highest BCUT2D eigenvalue weighted by Gasteiger charge is 2.29. The number of halogens is 3. The maximum atomic E-state index is 12.4. The number of alkyl halides is 3. The zero-order valence-electron chi connectivity index (χ0n) is 16.9. The lowest BCUT2D eigenvalue weighted by Gasteiger charge is -2.31. The van der Waals surface area contributed by atoms with E-state index in [1.165, 1.54) is 6.07 Å². The average molecular weight is 440 g/mol. The standard InChI is InChI=1S/C20H23F3N4O4/c1-30-14-3-2-4-15(9-14)31-11-18(28)27-7-5-13(6-8-27)16-10-17(26-25-16)19(29)24-12-20(21,22)23/h2-4,9-10,13H,5-8,11-12H2,1H3,(H,24,29)(H,25,26). The second kappa shape index (κ2) is 9.71. The van der Waals surface area contributed by atoms with E-state index in [0.29, 0.717) is 43.1 Å². The molecule has 1 aromatic carbocycles. The minimum absolute atomic E-state index is 0.0278. The van der Waals surface area contributed by atoms with Crippen LogP contribution in [0.1, 0.15) is 34.9 Å². The Balaban J connectivity index is 1.46. The van der Waals surface area contributed by atoms with Crippen molar-refractivity contribution in [2.75, 3.05) is 33.4 Å². The van der Waals surface area contributed by atoms with Crippen LogP contribution in [-0.2, 0) is 4.79 Å². The lowest BCUT2D eigenvalue weighted by Crippen LogP contribution is -2.40. The van der Waals surface area contributed by atoms with Crippen LogP contribution in [0.4, 0.5) is 13.2 Å². The molecule has 2 amide bonds. The Morgan fingerprint density at radius 2 is 1.94 bits per heavy atom. The molecular formula is C20H23F3N4O4. The van der Waals surface area contributed by atoms with Crippen LogP contribution in [0.15, 0.2) is 30.3 Å². The monoisotopic (exact) mass is 440 g/mol. The first-order valence-corrected chi connectivity index (χ1v) is 9.70. The topological polar surface area (TPSA) is 96.6 Å². The van der Waals surface area contributed by atoms with E-state index >= 15 is 0 Å². The Morgan fingerprint density at radius 3 is 2.61 bits per heavy atom. The first kappa shape index (κ1) is 22.4. The van der Waals surface area contributed by atoms with Crippen LogP contribution in [0.5, 0.6) is 11.5 Å². The number of ether oxygens (including phenoxy) is 2. The predicted molar refractivity (Wildman–Crippen MR) is 104 cm³/mol. The van der Waals surface area contributed by atoms with Gasteiger partial charge in [-0.2, -0.15) is 18.3 Å². The summed E-state index contributed by atoms with van der Waals surface area (Å²) in [5.74, 6) is 0.174. The van der Waals surface area contributed by atoms with E-state index in [2.05, 4.69) is 10.2 Å². The van der Waals surface area contributed by atoms with Crippen LogP contribution >= 0.6 is 0 Å². The van der Waals surface area contributed by atoms with Gasteiger partial charge in [-0.3, -0.25) is 14.7 Å². The van der Waals surface area contributed by atoms with Gasteiger partial charge in [-0.1, -0.05) is 6.07 Å². The lowest BCUT2D eigenvalue weighted by molar-refractivity contribution is -0.134. The van der Waals surface area contributed by atoms with Gasteiger partial charge < -0.3 is 19.7 Å². The summed E-state index contributed by atoms with van der Waals surface area (Å²) in [4.78, 5) is 25.9. The summed E-state index contributed by atoms with van der Waals surface area (Å²) >= 11 is 0. The fourth-order valence-electron chi connectivity index (χ4n) is 3.30. The number of carbonyl (C=O) groups is 2. The van der Waals surface area contributed by atoms with E-state index in [4.69, 9.17) is 9.47 Å². The quantitative estimate of drug-likeness (QED) is 0.690. The molecule has 2 aromatic rings. The second-order valence-corrected chi connectivity index (χ2v) is 7.13. The largest absolute Gasteiger partial charge is 0.497 e. The molecule has 31 heavy (non-hydrogen) atoms. The smallest absolute Gasteiger partial charge is 0.405 e. The number of methoxy groups -OCH3 is 1. The minimum Gasteiger partial charge on any atom is -0.497 e. The number of piperidine rings is 1. The number of nitrogens with zero attached hydrogens (tertiary/aromatic N) is 2. The van der Waals surface area contributed by atoms with Crippen molar-refractivity contribution in [3.05, 3.63) is 41.7 Å². The molecule has 11 heteroatoms. The van der Waals surface area contributed by atoms with E-state index in [9.17, 15) is 22.8 Å². The molecule has 1 aromatic heterocycles. The molecule has 0 spiro atoms. The van der Waals surface area contributed by atoms with Gasteiger partial charge in [-0.05, 0) is 31.0 Å². The molecule has 0 radical (unpaired) electrons. The number of amides is 2. The van der Waals surface area contributed by atoms with Gasteiger partial charge in [0.25, 0.3) is 11.8 Å². The Morgan fingerprint density at radius 1 is 1.23 bits per heavy atom. The Kier molecular flexibility index (Phi) is 7.03. The van der Waals surface area contributed by atoms with E-state index < -0.39 is 18.6 Å². The van der Waals surface area contributed by atoms with Crippen LogP contribution in [0.2, 0.25) is 0 Å². The van der Waals surface area contributed by atoms with Crippen LogP contribution in [0, 0.1) is 0 Å². The molecule has 1 saturated heterocycles. The zero-order chi connectivity index (χ0) is 22.4. The molecule has 2 N–H and O–H groups in total. The molecule has 3 rings (SSSR count). The molecule has 2 heterocycles. The van der Waals surface area contributed by atoms with E-state index in [0.717, 1.165) is 0 Å². The fourth-order valence-corrected chi connectivity index (χ4v) is 3.30. The normalized spacial score (nSPS) is 14.9. The van der Waals surface area contributed by atoms with Gasteiger partial charge in [0.05, 0.1) is 7.11 Å². The van der Waals surface area contributed by atoms with E-state index in [1.54, 1.807) is 41.6 Å². The van der Waals surface area contributed by atoms with E-state index in [1.807, 2.05) is 0 Å². The van der Waals surface area contributed by atoms with Crippen molar-refractivity contribution in [1.82, 2.24) is 20.4 Å². The third-order valence-corrected chi connectivity index (χ3v) is 4.97. The molecule has 1 aliphatic rings. The summed E-state index contributed by atoms with van der Waals surface area (Å²) in [5.41, 5.74) is 0.571. The van der Waals surface area contributed by atoms with Gasteiger partial charge in [0.2, 0.25) is 0 Å². The number of H-pyrrole nitrogens is 1. The molecule has 8 nitrogen and oxygen atoms in total. The first-order valence-electron chi connectivity index (χ1n) is 9.70. The molecule has 0 aliphatic carbocycles. The number of hydrogen-bond donors (Lipinski definition) is 2. The molecule has 1 aliphatic heterocycles. The average Bonchev–Trinajstić information content (AvgIpc) is 3.26.